The van der Waals surface area contributed by atoms with Gasteiger partial charge < -0.3 is 4.42 Å². The zero-order chi connectivity index (χ0) is 21.7. The van der Waals surface area contributed by atoms with Gasteiger partial charge in [-0.1, -0.05) is 12.1 Å². The maximum absolute atomic E-state index is 13.4. The third-order valence-electron chi connectivity index (χ3n) is 5.50. The number of benzene rings is 2. The summed E-state index contributed by atoms with van der Waals surface area (Å²) < 4.78 is 20.2. The molecule has 5 aromatic rings. The van der Waals surface area contributed by atoms with Gasteiger partial charge >= 0.3 is 5.63 Å². The minimum absolute atomic E-state index is 0.186. The molecule has 0 spiro atoms. The van der Waals surface area contributed by atoms with Gasteiger partial charge in [0.15, 0.2) is 0 Å². The lowest BCUT2D eigenvalue weighted by Gasteiger charge is -2.10. The van der Waals surface area contributed by atoms with E-state index in [1.165, 1.54) is 40.4 Å². The Morgan fingerprint density at radius 1 is 1.06 bits per heavy atom. The lowest BCUT2D eigenvalue weighted by Crippen LogP contribution is -2.21. The van der Waals surface area contributed by atoms with Crippen LogP contribution < -0.4 is 11.2 Å². The molecule has 0 fully saturated rings. The number of thiophene rings is 1. The van der Waals surface area contributed by atoms with Crippen molar-refractivity contribution < 1.29 is 8.81 Å². The topological polar surface area (TPSA) is 65.1 Å². The largest absolute Gasteiger partial charge is 0.423 e. The van der Waals surface area contributed by atoms with Crippen LogP contribution in [0.1, 0.15) is 16.7 Å². The van der Waals surface area contributed by atoms with Crippen LogP contribution in [-0.2, 0) is 6.54 Å². The van der Waals surface area contributed by atoms with E-state index in [2.05, 4.69) is 4.98 Å². The monoisotopic (exact) mass is 432 g/mol. The highest BCUT2D eigenvalue weighted by Gasteiger charge is 2.15. The summed E-state index contributed by atoms with van der Waals surface area (Å²) in [6.45, 7) is 4.13. The first-order valence-corrected chi connectivity index (χ1v) is 10.6. The second-order valence-corrected chi connectivity index (χ2v) is 8.40. The molecule has 0 amide bonds. The third-order valence-corrected chi connectivity index (χ3v) is 6.39. The van der Waals surface area contributed by atoms with Crippen LogP contribution in [-0.4, -0.2) is 9.55 Å². The Morgan fingerprint density at radius 3 is 2.58 bits per heavy atom. The molecule has 31 heavy (non-hydrogen) atoms. The Kier molecular flexibility index (Phi) is 4.55. The molecule has 0 unspecified atom stereocenters. The minimum atomic E-state index is -0.463. The molecule has 7 heteroatoms. The Labute approximate surface area is 180 Å². The van der Waals surface area contributed by atoms with E-state index in [0.717, 1.165) is 27.6 Å². The van der Waals surface area contributed by atoms with Crippen molar-refractivity contribution in [1.82, 2.24) is 9.55 Å². The minimum Gasteiger partial charge on any atom is -0.423 e. The fourth-order valence-corrected chi connectivity index (χ4v) is 4.63. The van der Waals surface area contributed by atoms with Gasteiger partial charge in [-0.25, -0.2) is 14.2 Å². The highest BCUT2D eigenvalue weighted by atomic mass is 32.1. The SMILES string of the molecule is Cc1cc2oc(=O)cc(Cn3cnc4scc(-c5ccc(F)cc5)c4c3=O)c2cc1C. The van der Waals surface area contributed by atoms with Crippen LogP contribution >= 0.6 is 11.3 Å². The van der Waals surface area contributed by atoms with E-state index in [1.54, 1.807) is 12.1 Å². The average Bonchev–Trinajstić information content (AvgIpc) is 3.17. The van der Waals surface area contributed by atoms with E-state index < -0.39 is 5.63 Å². The van der Waals surface area contributed by atoms with E-state index in [0.29, 0.717) is 21.4 Å². The van der Waals surface area contributed by atoms with Crippen molar-refractivity contribution in [1.29, 1.82) is 0 Å². The van der Waals surface area contributed by atoms with Crippen molar-refractivity contribution in [3.8, 4) is 11.1 Å². The van der Waals surface area contributed by atoms with Gasteiger partial charge in [0.1, 0.15) is 16.2 Å². The summed E-state index contributed by atoms with van der Waals surface area (Å²) in [5.74, 6) is -0.334. The first-order chi connectivity index (χ1) is 14.9. The van der Waals surface area contributed by atoms with Crippen LogP contribution in [0.5, 0.6) is 0 Å². The Hall–Kier alpha value is -3.58. The Balaban J connectivity index is 1.67. The molecule has 154 valence electrons. The van der Waals surface area contributed by atoms with Crippen molar-refractivity contribution in [3.63, 3.8) is 0 Å². The number of halogens is 1. The average molecular weight is 432 g/mol. The first kappa shape index (κ1) is 19.4. The molecule has 0 saturated heterocycles. The van der Waals surface area contributed by atoms with E-state index in [-0.39, 0.29) is 17.9 Å². The van der Waals surface area contributed by atoms with Crippen molar-refractivity contribution in [3.05, 3.63) is 97.5 Å². The fourth-order valence-electron chi connectivity index (χ4n) is 3.72. The van der Waals surface area contributed by atoms with Crippen LogP contribution in [0.15, 0.2) is 68.2 Å². The third kappa shape index (κ3) is 3.37. The number of aryl methyl sites for hydroxylation is 2. The van der Waals surface area contributed by atoms with Gasteiger partial charge in [-0.2, -0.15) is 0 Å². The molecule has 0 aliphatic rings. The molecule has 2 aromatic carbocycles. The van der Waals surface area contributed by atoms with Gasteiger partial charge in [0.2, 0.25) is 0 Å². The molecule has 0 saturated carbocycles. The van der Waals surface area contributed by atoms with Gasteiger partial charge in [-0.3, -0.25) is 9.36 Å². The number of rotatable bonds is 3. The summed E-state index contributed by atoms with van der Waals surface area (Å²) in [7, 11) is 0. The van der Waals surface area contributed by atoms with Crippen LogP contribution in [0.25, 0.3) is 32.3 Å². The summed E-state index contributed by atoms with van der Waals surface area (Å²) in [6.07, 6.45) is 1.50. The zero-order valence-electron chi connectivity index (χ0n) is 16.8. The highest BCUT2D eigenvalue weighted by molar-refractivity contribution is 7.17. The number of aromatic nitrogens is 2. The molecule has 3 heterocycles. The molecule has 0 N–H and O–H groups in total. The normalized spacial score (nSPS) is 11.5. The van der Waals surface area contributed by atoms with Gasteiger partial charge in [-0.05, 0) is 60.4 Å². The molecule has 3 aromatic heterocycles. The summed E-state index contributed by atoms with van der Waals surface area (Å²) in [5.41, 5.74) is 4.07. The molecule has 0 atom stereocenters. The number of nitrogens with zero attached hydrogens (tertiary/aromatic N) is 2. The summed E-state index contributed by atoms with van der Waals surface area (Å²) in [5, 5.41) is 3.13. The van der Waals surface area contributed by atoms with Gasteiger partial charge in [0.25, 0.3) is 5.56 Å². The lowest BCUT2D eigenvalue weighted by atomic mass is 10.0. The maximum atomic E-state index is 13.4. The molecule has 0 radical (unpaired) electrons. The zero-order valence-corrected chi connectivity index (χ0v) is 17.6. The van der Waals surface area contributed by atoms with E-state index in [9.17, 15) is 14.0 Å². The number of hydrogen-bond donors (Lipinski definition) is 0. The Morgan fingerprint density at radius 2 is 1.81 bits per heavy atom. The smallest absolute Gasteiger partial charge is 0.336 e. The van der Waals surface area contributed by atoms with Crippen LogP contribution in [0.4, 0.5) is 4.39 Å². The van der Waals surface area contributed by atoms with Crippen molar-refractivity contribution in [2.45, 2.75) is 20.4 Å². The van der Waals surface area contributed by atoms with Gasteiger partial charge in [0.05, 0.1) is 18.3 Å². The summed E-state index contributed by atoms with van der Waals surface area (Å²) >= 11 is 1.37. The van der Waals surface area contributed by atoms with Crippen molar-refractivity contribution >= 4 is 32.5 Å². The predicted molar refractivity (Wildman–Crippen MR) is 120 cm³/mol. The van der Waals surface area contributed by atoms with Crippen molar-refractivity contribution in [2.75, 3.05) is 0 Å². The highest BCUT2D eigenvalue weighted by Crippen LogP contribution is 2.31. The maximum Gasteiger partial charge on any atom is 0.336 e. The quantitative estimate of drug-likeness (QED) is 0.375. The number of fused-ring (bicyclic) bond motifs is 2. The molecular weight excluding hydrogens is 415 g/mol. The van der Waals surface area contributed by atoms with E-state index in [1.807, 2.05) is 31.4 Å². The molecule has 0 aliphatic carbocycles. The fraction of sp³-hybridized carbons (Fsp3) is 0.125. The van der Waals surface area contributed by atoms with Gasteiger partial charge in [-0.15, -0.1) is 11.3 Å². The molecule has 5 rings (SSSR count). The van der Waals surface area contributed by atoms with Crippen LogP contribution in [0, 0.1) is 19.7 Å². The van der Waals surface area contributed by atoms with Crippen LogP contribution in [0.2, 0.25) is 0 Å². The molecular formula is C24H17FN2O3S. The van der Waals surface area contributed by atoms with Gasteiger partial charge in [0, 0.05) is 22.4 Å². The molecule has 5 nitrogen and oxygen atoms in total. The molecule has 0 aliphatic heterocycles. The van der Waals surface area contributed by atoms with E-state index >= 15 is 0 Å². The lowest BCUT2D eigenvalue weighted by molar-refractivity contribution is 0.557. The molecule has 0 bridgehead atoms. The van der Waals surface area contributed by atoms with Crippen molar-refractivity contribution in [2.24, 2.45) is 0 Å². The predicted octanol–water partition coefficient (Wildman–Crippen LogP) is 5.04. The summed E-state index contributed by atoms with van der Waals surface area (Å²) in [6, 6.07) is 11.3. The second-order valence-electron chi connectivity index (χ2n) is 7.54. The number of hydrogen-bond acceptors (Lipinski definition) is 5. The second kappa shape index (κ2) is 7.28. The van der Waals surface area contributed by atoms with E-state index in [4.69, 9.17) is 4.42 Å². The Bertz CT molecular complexity index is 1580. The first-order valence-electron chi connectivity index (χ1n) is 9.67. The summed E-state index contributed by atoms with van der Waals surface area (Å²) in [4.78, 5) is 30.5. The van der Waals surface area contributed by atoms with Crippen LogP contribution in [0.3, 0.4) is 0 Å². The standard InChI is InChI=1S/C24H17FN2O3S/c1-13-7-18-16(9-21(28)30-20(18)8-14(13)2)10-27-12-26-23-22(24(27)29)19(11-31-23)15-3-5-17(25)6-4-15/h3-9,11-12H,10H2,1-2H3.